The third kappa shape index (κ3) is 2.32. The van der Waals surface area contributed by atoms with Gasteiger partial charge in [0.05, 0.1) is 0 Å². The van der Waals surface area contributed by atoms with Gasteiger partial charge in [0.1, 0.15) is 0 Å². The average molecular weight is 220 g/mol. The molecule has 0 bridgehead atoms. The molecular formula is C10H8N2O2S. The molecule has 0 saturated heterocycles. The Morgan fingerprint density at radius 2 is 2.13 bits per heavy atom. The maximum absolute atomic E-state index is 9.23. The Balaban J connectivity index is 2.21. The Morgan fingerprint density at radius 1 is 1.27 bits per heavy atom. The first-order valence-electron chi connectivity index (χ1n) is 4.21. The Morgan fingerprint density at radius 3 is 2.80 bits per heavy atom. The second-order valence-corrected chi connectivity index (χ2v) is 3.69. The van der Waals surface area contributed by atoms with Crippen LogP contribution in [0.1, 0.15) is 5.56 Å². The molecule has 0 aliphatic carbocycles. The van der Waals surface area contributed by atoms with Crippen molar-refractivity contribution in [1.29, 1.82) is 0 Å². The summed E-state index contributed by atoms with van der Waals surface area (Å²) >= 11 is 1.43. The van der Waals surface area contributed by atoms with Crippen LogP contribution in [0, 0.1) is 0 Å². The Hall–Kier alpha value is -1.88. The molecular weight excluding hydrogens is 212 g/mol. The summed E-state index contributed by atoms with van der Waals surface area (Å²) in [6, 6.07) is 4.51. The minimum atomic E-state index is -0.155. The molecule has 1 aromatic heterocycles. The van der Waals surface area contributed by atoms with E-state index in [1.165, 1.54) is 23.5 Å². The summed E-state index contributed by atoms with van der Waals surface area (Å²) in [4.78, 5) is 8.08. The Labute approximate surface area is 90.2 Å². The van der Waals surface area contributed by atoms with Crippen LogP contribution in [0.3, 0.4) is 0 Å². The zero-order valence-corrected chi connectivity index (χ0v) is 8.48. The summed E-state index contributed by atoms with van der Waals surface area (Å²) in [5.74, 6) is -0.292. The number of hydrogen-bond acceptors (Lipinski definition) is 5. The number of thiazole rings is 1. The molecule has 76 valence electrons. The second-order valence-electron chi connectivity index (χ2n) is 2.82. The highest BCUT2D eigenvalue weighted by atomic mass is 32.1. The first kappa shape index (κ1) is 9.67. The number of phenols is 2. The van der Waals surface area contributed by atoms with Gasteiger partial charge in [0.25, 0.3) is 0 Å². The van der Waals surface area contributed by atoms with Crippen molar-refractivity contribution in [2.75, 3.05) is 0 Å². The third-order valence-electron chi connectivity index (χ3n) is 1.74. The first-order valence-corrected chi connectivity index (χ1v) is 5.09. The van der Waals surface area contributed by atoms with Crippen LogP contribution in [0.5, 0.6) is 11.5 Å². The van der Waals surface area contributed by atoms with Gasteiger partial charge in [-0.2, -0.15) is 0 Å². The van der Waals surface area contributed by atoms with Gasteiger partial charge in [-0.1, -0.05) is 0 Å². The number of benzene rings is 1. The van der Waals surface area contributed by atoms with Crippen molar-refractivity contribution in [3.63, 3.8) is 0 Å². The van der Waals surface area contributed by atoms with E-state index in [-0.39, 0.29) is 11.5 Å². The molecule has 2 rings (SSSR count). The van der Waals surface area contributed by atoms with Gasteiger partial charge in [-0.05, 0) is 23.8 Å². The van der Waals surface area contributed by atoms with Gasteiger partial charge in [0, 0.05) is 17.8 Å². The minimum Gasteiger partial charge on any atom is -0.504 e. The number of nitrogens with zero attached hydrogens (tertiary/aromatic N) is 2. The van der Waals surface area contributed by atoms with E-state index in [9.17, 15) is 5.11 Å². The largest absolute Gasteiger partial charge is 0.504 e. The fourth-order valence-electron chi connectivity index (χ4n) is 1.03. The molecule has 0 aliphatic rings. The molecule has 0 atom stereocenters. The number of aromatic nitrogens is 1. The van der Waals surface area contributed by atoms with E-state index in [1.807, 2.05) is 5.38 Å². The Kier molecular flexibility index (Phi) is 2.64. The van der Waals surface area contributed by atoms with E-state index in [2.05, 4.69) is 9.98 Å². The van der Waals surface area contributed by atoms with Gasteiger partial charge in [0.15, 0.2) is 11.5 Å². The van der Waals surface area contributed by atoms with Gasteiger partial charge >= 0.3 is 0 Å². The molecule has 0 amide bonds. The fourth-order valence-corrected chi connectivity index (χ4v) is 1.51. The SMILES string of the molecule is Oc1ccc(/C=N\c2nccs2)cc1O. The first-order chi connectivity index (χ1) is 7.25. The summed E-state index contributed by atoms with van der Waals surface area (Å²) < 4.78 is 0. The quantitative estimate of drug-likeness (QED) is 0.603. The van der Waals surface area contributed by atoms with Crippen LogP contribution in [0.2, 0.25) is 0 Å². The predicted molar refractivity (Wildman–Crippen MR) is 59.1 cm³/mol. The molecule has 1 aromatic carbocycles. The number of aliphatic imine (C=N–C) groups is 1. The highest BCUT2D eigenvalue weighted by Gasteiger charge is 1.98. The lowest BCUT2D eigenvalue weighted by atomic mass is 10.2. The van der Waals surface area contributed by atoms with E-state index in [0.29, 0.717) is 10.7 Å². The zero-order valence-electron chi connectivity index (χ0n) is 7.66. The van der Waals surface area contributed by atoms with E-state index in [1.54, 1.807) is 18.5 Å². The number of hydrogen-bond donors (Lipinski definition) is 2. The maximum atomic E-state index is 9.23. The van der Waals surface area contributed by atoms with Crippen LogP contribution in [-0.4, -0.2) is 21.4 Å². The molecule has 0 aliphatic heterocycles. The normalized spacial score (nSPS) is 10.9. The van der Waals surface area contributed by atoms with Crippen LogP contribution in [0.25, 0.3) is 0 Å². The van der Waals surface area contributed by atoms with E-state index in [0.717, 1.165) is 0 Å². The molecule has 2 aromatic rings. The third-order valence-corrected chi connectivity index (χ3v) is 2.42. The molecule has 0 fully saturated rings. The lowest BCUT2D eigenvalue weighted by Gasteiger charge is -1.97. The van der Waals surface area contributed by atoms with Gasteiger partial charge in [0.2, 0.25) is 5.13 Å². The summed E-state index contributed by atoms with van der Waals surface area (Å²) in [6.07, 6.45) is 3.25. The molecule has 0 radical (unpaired) electrons. The number of aromatic hydroxyl groups is 2. The zero-order chi connectivity index (χ0) is 10.7. The predicted octanol–water partition coefficient (Wildman–Crippen LogP) is 2.30. The number of rotatable bonds is 2. The van der Waals surface area contributed by atoms with Crippen molar-refractivity contribution in [3.05, 3.63) is 35.3 Å². The summed E-state index contributed by atoms with van der Waals surface area (Å²) in [5, 5.41) is 20.8. The molecule has 15 heavy (non-hydrogen) atoms. The summed E-state index contributed by atoms with van der Waals surface area (Å²) in [6.45, 7) is 0. The molecule has 0 unspecified atom stereocenters. The number of phenolic OH excluding ortho intramolecular Hbond substituents is 2. The van der Waals surface area contributed by atoms with Crippen LogP contribution in [0.4, 0.5) is 5.13 Å². The molecule has 5 heteroatoms. The maximum Gasteiger partial charge on any atom is 0.208 e. The molecule has 0 spiro atoms. The van der Waals surface area contributed by atoms with Crippen LogP contribution in [-0.2, 0) is 0 Å². The second kappa shape index (κ2) is 4.10. The van der Waals surface area contributed by atoms with Crippen LogP contribution < -0.4 is 0 Å². The highest BCUT2D eigenvalue weighted by Crippen LogP contribution is 2.24. The van der Waals surface area contributed by atoms with E-state index >= 15 is 0 Å². The molecule has 0 saturated carbocycles. The van der Waals surface area contributed by atoms with Crippen molar-refractivity contribution < 1.29 is 10.2 Å². The smallest absolute Gasteiger partial charge is 0.208 e. The molecule has 2 N–H and O–H groups in total. The Bertz CT molecular complexity index is 480. The van der Waals surface area contributed by atoms with Gasteiger partial charge in [-0.3, -0.25) is 0 Å². The van der Waals surface area contributed by atoms with Crippen molar-refractivity contribution in [2.45, 2.75) is 0 Å². The van der Waals surface area contributed by atoms with Crippen molar-refractivity contribution in [3.8, 4) is 11.5 Å². The van der Waals surface area contributed by atoms with E-state index in [4.69, 9.17) is 5.11 Å². The van der Waals surface area contributed by atoms with E-state index < -0.39 is 0 Å². The van der Waals surface area contributed by atoms with Crippen molar-refractivity contribution >= 4 is 22.7 Å². The summed E-state index contributed by atoms with van der Waals surface area (Å²) in [5.41, 5.74) is 0.709. The minimum absolute atomic E-state index is 0.138. The van der Waals surface area contributed by atoms with Crippen LogP contribution >= 0.6 is 11.3 Å². The fraction of sp³-hybridized carbons (Fsp3) is 0. The topological polar surface area (TPSA) is 65.7 Å². The molecule has 1 heterocycles. The standard InChI is InChI=1S/C10H8N2O2S/c13-8-2-1-7(5-9(8)14)6-12-10-11-3-4-15-10/h1-6,13-14H/b12-6-. The van der Waals surface area contributed by atoms with Gasteiger partial charge < -0.3 is 10.2 Å². The van der Waals surface area contributed by atoms with Crippen molar-refractivity contribution in [2.24, 2.45) is 4.99 Å². The highest BCUT2D eigenvalue weighted by molar-refractivity contribution is 7.13. The lowest BCUT2D eigenvalue weighted by molar-refractivity contribution is 0.403. The summed E-state index contributed by atoms with van der Waals surface area (Å²) in [7, 11) is 0. The average Bonchev–Trinajstić information content (AvgIpc) is 2.73. The van der Waals surface area contributed by atoms with Crippen molar-refractivity contribution in [1.82, 2.24) is 4.98 Å². The lowest BCUT2D eigenvalue weighted by Crippen LogP contribution is -1.79. The van der Waals surface area contributed by atoms with Crippen LogP contribution in [0.15, 0.2) is 34.8 Å². The molecule has 4 nitrogen and oxygen atoms in total. The monoisotopic (exact) mass is 220 g/mol. The van der Waals surface area contributed by atoms with Gasteiger partial charge in [-0.25, -0.2) is 9.98 Å². The van der Waals surface area contributed by atoms with Gasteiger partial charge in [-0.15, -0.1) is 11.3 Å².